The van der Waals surface area contributed by atoms with Gasteiger partial charge in [-0.1, -0.05) is 23.8 Å². The van der Waals surface area contributed by atoms with Gasteiger partial charge in [-0.15, -0.1) is 11.3 Å². The molecule has 0 aliphatic carbocycles. The second-order valence-corrected chi connectivity index (χ2v) is 7.29. The number of benzene rings is 1. The maximum atomic E-state index is 12.7. The summed E-state index contributed by atoms with van der Waals surface area (Å²) in [6.07, 6.45) is 0. The third kappa shape index (κ3) is 3.63. The molecule has 3 heterocycles. The molecule has 0 bridgehead atoms. The SMILES string of the molecule is Cc1cccc(C(=O)Nc2cc(-c3cccs3)nn2-c2nc(C)cc(=O)[nH]2)c1. The number of hydrogen-bond acceptors (Lipinski definition) is 5. The van der Waals surface area contributed by atoms with Gasteiger partial charge in [-0.3, -0.25) is 14.6 Å². The van der Waals surface area contributed by atoms with Gasteiger partial charge >= 0.3 is 0 Å². The first kappa shape index (κ1) is 17.9. The van der Waals surface area contributed by atoms with Crippen LogP contribution in [0.15, 0.2) is 58.7 Å². The van der Waals surface area contributed by atoms with Gasteiger partial charge in [-0.2, -0.15) is 9.78 Å². The molecule has 0 aliphatic heterocycles. The molecule has 1 amide bonds. The van der Waals surface area contributed by atoms with Crippen LogP contribution in [-0.4, -0.2) is 25.7 Å². The first-order valence-electron chi connectivity index (χ1n) is 8.60. The highest BCUT2D eigenvalue weighted by atomic mass is 32.1. The third-order valence-electron chi connectivity index (χ3n) is 4.06. The van der Waals surface area contributed by atoms with Crippen molar-refractivity contribution in [3.63, 3.8) is 0 Å². The number of carbonyl (C=O) groups excluding carboxylic acids is 1. The van der Waals surface area contributed by atoms with Gasteiger partial charge < -0.3 is 5.32 Å². The van der Waals surface area contributed by atoms with Crippen molar-refractivity contribution >= 4 is 23.1 Å². The van der Waals surface area contributed by atoms with Crippen LogP contribution in [0.1, 0.15) is 21.6 Å². The molecule has 0 fully saturated rings. The Bertz CT molecular complexity index is 1210. The standard InChI is InChI=1S/C20H17N5O2S/c1-12-5-3-6-14(9-12)19(27)22-17-11-15(16-7-4-8-28-16)24-25(17)20-21-13(2)10-18(26)23-20/h3-11H,1-2H3,(H,22,27)(H,21,23,26). The maximum Gasteiger partial charge on any atom is 0.256 e. The Kier molecular flexibility index (Phi) is 4.62. The number of nitrogens with zero attached hydrogens (tertiary/aromatic N) is 3. The smallest absolute Gasteiger partial charge is 0.256 e. The molecule has 0 unspecified atom stereocenters. The van der Waals surface area contributed by atoms with E-state index in [1.54, 1.807) is 19.1 Å². The summed E-state index contributed by atoms with van der Waals surface area (Å²) < 4.78 is 1.44. The van der Waals surface area contributed by atoms with Gasteiger partial charge in [0.05, 0.1) is 4.88 Å². The second-order valence-electron chi connectivity index (χ2n) is 6.34. The van der Waals surface area contributed by atoms with Crippen LogP contribution in [0.4, 0.5) is 5.82 Å². The topological polar surface area (TPSA) is 92.7 Å². The molecule has 4 aromatic rings. The fraction of sp³-hybridized carbons (Fsp3) is 0.100. The number of anilines is 1. The molecule has 0 aliphatic rings. The van der Waals surface area contributed by atoms with Gasteiger partial charge in [0.1, 0.15) is 11.5 Å². The van der Waals surface area contributed by atoms with Gasteiger partial charge in [-0.25, -0.2) is 4.98 Å². The van der Waals surface area contributed by atoms with Crippen LogP contribution in [0.3, 0.4) is 0 Å². The van der Waals surface area contributed by atoms with Crippen LogP contribution in [0.2, 0.25) is 0 Å². The predicted molar refractivity (Wildman–Crippen MR) is 109 cm³/mol. The van der Waals surface area contributed by atoms with Crippen molar-refractivity contribution in [3.05, 3.63) is 81.1 Å². The summed E-state index contributed by atoms with van der Waals surface area (Å²) in [4.78, 5) is 32.6. The lowest BCUT2D eigenvalue weighted by Gasteiger charge is -2.08. The number of aromatic amines is 1. The number of nitrogens with one attached hydrogen (secondary N) is 2. The third-order valence-corrected chi connectivity index (χ3v) is 4.96. The normalized spacial score (nSPS) is 10.8. The van der Waals surface area contributed by atoms with E-state index >= 15 is 0 Å². The van der Waals surface area contributed by atoms with E-state index in [1.165, 1.54) is 22.1 Å². The Morgan fingerprint density at radius 1 is 1.14 bits per heavy atom. The van der Waals surface area contributed by atoms with Crippen molar-refractivity contribution in [1.29, 1.82) is 0 Å². The number of aryl methyl sites for hydroxylation is 2. The van der Waals surface area contributed by atoms with Crippen molar-refractivity contribution < 1.29 is 4.79 Å². The van der Waals surface area contributed by atoms with Crippen LogP contribution in [-0.2, 0) is 0 Å². The van der Waals surface area contributed by atoms with Gasteiger partial charge in [0, 0.05) is 23.4 Å². The Morgan fingerprint density at radius 3 is 2.71 bits per heavy atom. The zero-order valence-electron chi connectivity index (χ0n) is 15.3. The molecule has 28 heavy (non-hydrogen) atoms. The summed E-state index contributed by atoms with van der Waals surface area (Å²) in [6.45, 7) is 3.66. The van der Waals surface area contributed by atoms with E-state index in [0.29, 0.717) is 22.8 Å². The fourth-order valence-electron chi connectivity index (χ4n) is 2.81. The largest absolute Gasteiger partial charge is 0.306 e. The molecule has 0 atom stereocenters. The fourth-order valence-corrected chi connectivity index (χ4v) is 3.50. The number of hydrogen-bond donors (Lipinski definition) is 2. The van der Waals surface area contributed by atoms with Crippen LogP contribution >= 0.6 is 11.3 Å². The molecule has 140 valence electrons. The Hall–Kier alpha value is -3.52. The summed E-state index contributed by atoms with van der Waals surface area (Å²) in [6, 6.07) is 14.3. The molecule has 2 N–H and O–H groups in total. The monoisotopic (exact) mass is 391 g/mol. The quantitative estimate of drug-likeness (QED) is 0.556. The molecule has 8 heteroatoms. The summed E-state index contributed by atoms with van der Waals surface area (Å²) in [7, 11) is 0. The van der Waals surface area contributed by atoms with E-state index in [-0.39, 0.29) is 17.4 Å². The lowest BCUT2D eigenvalue weighted by atomic mass is 10.1. The lowest BCUT2D eigenvalue weighted by Crippen LogP contribution is -2.19. The zero-order chi connectivity index (χ0) is 19.7. The highest BCUT2D eigenvalue weighted by Gasteiger charge is 2.17. The van der Waals surface area contributed by atoms with E-state index in [0.717, 1.165) is 10.4 Å². The van der Waals surface area contributed by atoms with Gasteiger partial charge in [0.15, 0.2) is 0 Å². The predicted octanol–water partition coefficient (Wildman–Crippen LogP) is 3.55. The molecule has 7 nitrogen and oxygen atoms in total. The highest BCUT2D eigenvalue weighted by molar-refractivity contribution is 7.13. The summed E-state index contributed by atoms with van der Waals surface area (Å²) in [5, 5.41) is 9.38. The molecule has 0 radical (unpaired) electrons. The van der Waals surface area contributed by atoms with Crippen molar-refractivity contribution in [1.82, 2.24) is 19.7 Å². The molecular formula is C20H17N5O2S. The number of H-pyrrole nitrogens is 1. The number of amides is 1. The molecule has 3 aromatic heterocycles. The minimum absolute atomic E-state index is 0.243. The molecule has 4 rings (SSSR count). The minimum atomic E-state index is -0.286. The van der Waals surface area contributed by atoms with Crippen LogP contribution in [0.25, 0.3) is 16.5 Å². The van der Waals surface area contributed by atoms with E-state index in [4.69, 9.17) is 0 Å². The van der Waals surface area contributed by atoms with Crippen molar-refractivity contribution in [2.45, 2.75) is 13.8 Å². The Balaban J connectivity index is 1.78. The average molecular weight is 391 g/mol. The van der Waals surface area contributed by atoms with Gasteiger partial charge in [-0.05, 0) is 37.4 Å². The summed E-state index contributed by atoms with van der Waals surface area (Å²) in [5.41, 5.74) is 2.48. The Labute approximate surface area is 164 Å². The molecule has 0 saturated carbocycles. The zero-order valence-corrected chi connectivity index (χ0v) is 16.1. The first-order valence-corrected chi connectivity index (χ1v) is 9.48. The lowest BCUT2D eigenvalue weighted by molar-refractivity contribution is 0.102. The first-order chi connectivity index (χ1) is 13.5. The molecular weight excluding hydrogens is 374 g/mol. The van der Waals surface area contributed by atoms with E-state index in [1.807, 2.05) is 42.6 Å². The minimum Gasteiger partial charge on any atom is -0.306 e. The van der Waals surface area contributed by atoms with E-state index in [9.17, 15) is 9.59 Å². The number of rotatable bonds is 4. The van der Waals surface area contributed by atoms with Crippen LogP contribution in [0, 0.1) is 13.8 Å². The van der Waals surface area contributed by atoms with Crippen LogP contribution < -0.4 is 10.9 Å². The van der Waals surface area contributed by atoms with E-state index in [2.05, 4.69) is 20.4 Å². The average Bonchev–Trinajstić information content (AvgIpc) is 3.30. The van der Waals surface area contributed by atoms with E-state index < -0.39 is 0 Å². The highest BCUT2D eigenvalue weighted by Crippen LogP contribution is 2.27. The summed E-state index contributed by atoms with van der Waals surface area (Å²) in [5.74, 6) is 0.397. The molecule has 1 aromatic carbocycles. The van der Waals surface area contributed by atoms with Crippen molar-refractivity contribution in [2.75, 3.05) is 5.32 Å². The molecule has 0 spiro atoms. The second kappa shape index (κ2) is 7.24. The summed E-state index contributed by atoms with van der Waals surface area (Å²) >= 11 is 1.54. The number of aromatic nitrogens is 4. The van der Waals surface area contributed by atoms with Crippen LogP contribution in [0.5, 0.6) is 0 Å². The Morgan fingerprint density at radius 2 is 2.00 bits per heavy atom. The van der Waals surface area contributed by atoms with Gasteiger partial charge in [0.2, 0.25) is 5.95 Å². The van der Waals surface area contributed by atoms with Gasteiger partial charge in [0.25, 0.3) is 11.5 Å². The van der Waals surface area contributed by atoms with Crippen molar-refractivity contribution in [2.24, 2.45) is 0 Å². The maximum absolute atomic E-state index is 12.7. The molecule has 0 saturated heterocycles. The van der Waals surface area contributed by atoms with Crippen molar-refractivity contribution in [3.8, 4) is 16.5 Å². The number of thiophene rings is 1. The number of carbonyl (C=O) groups is 1.